The molecule has 6 N–H and O–H groups in total. The van der Waals surface area contributed by atoms with E-state index in [2.05, 4.69) is 27.5 Å². The van der Waals surface area contributed by atoms with Crippen LogP contribution in [-0.4, -0.2) is 103 Å². The van der Waals surface area contributed by atoms with E-state index in [1.165, 1.54) is 109 Å². The van der Waals surface area contributed by atoms with Crippen molar-refractivity contribution < 1.29 is 63.9 Å². The molecule has 7 atom stereocenters. The van der Waals surface area contributed by atoms with Crippen LogP contribution in [0, 0.1) is 0 Å². The highest BCUT2D eigenvalue weighted by atomic mass is 32.3. The molecule has 57 heavy (non-hydrogen) atoms. The van der Waals surface area contributed by atoms with Gasteiger partial charge in [0.25, 0.3) is 0 Å². The predicted octanol–water partition coefficient (Wildman–Crippen LogP) is 7.04. The Balaban J connectivity index is 2.74. The van der Waals surface area contributed by atoms with Crippen molar-refractivity contribution in [3.05, 3.63) is 12.2 Å². The highest BCUT2D eigenvalue weighted by Gasteiger charge is 2.48. The third-order valence-electron chi connectivity index (χ3n) is 10.3. The quantitative estimate of drug-likeness (QED) is 0.0209. The van der Waals surface area contributed by atoms with Gasteiger partial charge in [-0.15, -0.1) is 0 Å². The third-order valence-corrected chi connectivity index (χ3v) is 11.2. The Morgan fingerprint density at radius 2 is 1.14 bits per heavy atom. The molecule has 1 rings (SSSR count). The zero-order valence-electron chi connectivity index (χ0n) is 34.7. The van der Waals surface area contributed by atoms with Gasteiger partial charge in [-0.25, -0.2) is 8.37 Å². The summed E-state index contributed by atoms with van der Waals surface area (Å²) in [7, 11) is -10.3. The number of aliphatic hydroxyl groups is 3. The Hall–Kier alpha value is -1.25. The molecule has 1 aliphatic rings. The smallest absolute Gasteiger partial charge is 0.387 e. The lowest BCUT2D eigenvalue weighted by atomic mass is 9.99. The van der Waals surface area contributed by atoms with Crippen LogP contribution >= 0.6 is 0 Å². The van der Waals surface area contributed by atoms with Gasteiger partial charge in [-0.1, -0.05) is 167 Å². The van der Waals surface area contributed by atoms with Gasteiger partial charge in [0.05, 0.1) is 25.4 Å². The molecule has 0 aromatic heterocycles. The largest absolute Gasteiger partial charge is 0.397 e. The summed E-state index contributed by atoms with van der Waals surface area (Å²) in [6, 6.07) is -1.05. The molecule has 1 fully saturated rings. The molecule has 1 amide bonds. The normalized spacial score (nSPS) is 21.6. The van der Waals surface area contributed by atoms with Crippen LogP contribution in [0.15, 0.2) is 12.2 Å². The average Bonchev–Trinajstić information content (AvgIpc) is 3.14. The van der Waals surface area contributed by atoms with Gasteiger partial charge >= 0.3 is 20.8 Å². The summed E-state index contributed by atoms with van der Waals surface area (Å²) in [5, 5.41) is 35.2. The van der Waals surface area contributed by atoms with E-state index in [9.17, 15) is 41.5 Å². The van der Waals surface area contributed by atoms with Gasteiger partial charge in [0.15, 0.2) is 6.29 Å². The number of amides is 1. The molecule has 5 unspecified atom stereocenters. The first-order valence-corrected chi connectivity index (χ1v) is 24.5. The fraction of sp³-hybridized carbons (Fsp3) is 0.925. The Morgan fingerprint density at radius 3 is 1.60 bits per heavy atom. The molecular formula is C40H77NO14S2. The number of carbonyl (C=O) groups excluding carboxylic acids is 1. The molecule has 17 heteroatoms. The van der Waals surface area contributed by atoms with Crippen molar-refractivity contribution in [2.75, 3.05) is 13.2 Å². The van der Waals surface area contributed by atoms with Crippen LogP contribution < -0.4 is 5.32 Å². The topological polar surface area (TPSA) is 235 Å². The Labute approximate surface area is 344 Å². The van der Waals surface area contributed by atoms with Crippen LogP contribution in [-0.2, 0) is 43.4 Å². The summed E-state index contributed by atoms with van der Waals surface area (Å²) in [5.74, 6) is -0.336. The second kappa shape index (κ2) is 32.5. The fourth-order valence-electron chi connectivity index (χ4n) is 6.89. The van der Waals surface area contributed by atoms with Gasteiger partial charge in [0.1, 0.15) is 24.4 Å². The van der Waals surface area contributed by atoms with E-state index in [1.54, 1.807) is 6.08 Å². The molecule has 338 valence electrons. The van der Waals surface area contributed by atoms with Gasteiger partial charge in [-0.05, 0) is 19.3 Å². The number of ether oxygens (including phenoxy) is 2. The number of allylic oxidation sites excluding steroid dienone is 1. The lowest BCUT2D eigenvalue weighted by Crippen LogP contribution is -2.61. The maximum Gasteiger partial charge on any atom is 0.397 e. The second-order valence-electron chi connectivity index (χ2n) is 15.5. The molecule has 0 radical (unpaired) electrons. The van der Waals surface area contributed by atoms with Gasteiger partial charge in [-0.3, -0.25) is 13.9 Å². The maximum atomic E-state index is 13.0. The zero-order valence-corrected chi connectivity index (χ0v) is 36.4. The van der Waals surface area contributed by atoms with Crippen LogP contribution in [0.2, 0.25) is 0 Å². The summed E-state index contributed by atoms with van der Waals surface area (Å²) < 4.78 is 83.2. The van der Waals surface area contributed by atoms with E-state index >= 15 is 0 Å². The summed E-state index contributed by atoms with van der Waals surface area (Å²) in [6.07, 6.45) is 21.6. The van der Waals surface area contributed by atoms with Gasteiger partial charge < -0.3 is 30.1 Å². The van der Waals surface area contributed by atoms with Crippen molar-refractivity contribution in [1.29, 1.82) is 0 Å². The first kappa shape index (κ1) is 53.8. The number of hydrogen-bond acceptors (Lipinski definition) is 12. The monoisotopic (exact) mass is 859 g/mol. The highest BCUT2D eigenvalue weighted by molar-refractivity contribution is 7.81. The maximum absolute atomic E-state index is 13.0. The SMILES string of the molecule is CCCCCCCCCCCCC/C=C/[C@@H](O)[C@H](COC1OC(COS(=O)(=O)O)C(O)C(OS(=O)(=O)O)C1O)NC(=O)CCCCCCCCCCCCCCC. The van der Waals surface area contributed by atoms with Gasteiger partial charge in [0, 0.05) is 6.42 Å². The van der Waals surface area contributed by atoms with Crippen molar-refractivity contribution in [1.82, 2.24) is 5.32 Å². The average molecular weight is 860 g/mol. The summed E-state index contributed by atoms with van der Waals surface area (Å²) >= 11 is 0. The number of carbonyl (C=O) groups is 1. The molecule has 0 spiro atoms. The van der Waals surface area contributed by atoms with E-state index in [-0.39, 0.29) is 12.3 Å². The second-order valence-corrected chi connectivity index (χ2v) is 17.6. The Morgan fingerprint density at radius 1 is 0.684 bits per heavy atom. The minimum atomic E-state index is -5.24. The molecule has 1 saturated heterocycles. The van der Waals surface area contributed by atoms with Gasteiger partial charge in [-0.2, -0.15) is 16.8 Å². The number of aliphatic hydroxyl groups excluding tert-OH is 3. The molecule has 1 aliphatic heterocycles. The van der Waals surface area contributed by atoms with Crippen molar-refractivity contribution in [2.45, 2.75) is 224 Å². The Bertz CT molecular complexity index is 1250. The van der Waals surface area contributed by atoms with E-state index in [0.29, 0.717) is 12.8 Å². The molecule has 0 saturated carbocycles. The minimum Gasteiger partial charge on any atom is -0.387 e. The first-order chi connectivity index (χ1) is 27.2. The first-order valence-electron chi connectivity index (χ1n) is 21.7. The number of rotatable bonds is 37. The summed E-state index contributed by atoms with van der Waals surface area (Å²) in [4.78, 5) is 13.0. The molecule has 0 aromatic carbocycles. The number of hydrogen-bond donors (Lipinski definition) is 6. The lowest BCUT2D eigenvalue weighted by molar-refractivity contribution is -0.297. The van der Waals surface area contributed by atoms with Crippen molar-refractivity contribution >= 4 is 26.7 Å². The van der Waals surface area contributed by atoms with Crippen LogP contribution in [0.5, 0.6) is 0 Å². The fourth-order valence-corrected chi connectivity index (χ4v) is 7.70. The highest BCUT2D eigenvalue weighted by Crippen LogP contribution is 2.27. The van der Waals surface area contributed by atoms with E-state index in [1.807, 2.05) is 6.08 Å². The summed E-state index contributed by atoms with van der Waals surface area (Å²) in [5.41, 5.74) is 0. The number of unbranched alkanes of at least 4 members (excludes halogenated alkanes) is 23. The Kier molecular flexibility index (Phi) is 30.7. The van der Waals surface area contributed by atoms with Gasteiger partial charge in [0.2, 0.25) is 5.91 Å². The predicted molar refractivity (Wildman–Crippen MR) is 219 cm³/mol. The molecule has 0 bridgehead atoms. The number of nitrogens with one attached hydrogen (secondary N) is 1. The third kappa shape index (κ3) is 28.8. The molecule has 15 nitrogen and oxygen atoms in total. The van der Waals surface area contributed by atoms with Crippen LogP contribution in [0.25, 0.3) is 0 Å². The standard InChI is InChI=1S/C40H77NO14S2/c1-3-5-7-9-11-13-15-17-19-21-23-25-27-29-34(42)33(41-36(43)30-28-26-24-22-20-18-16-14-12-10-8-6-4-2)31-52-40-38(45)39(55-57(49,50)51)37(44)35(54-40)32-53-56(46,47)48/h27,29,33-35,37-40,42,44-45H,3-26,28,30-32H2,1-2H3,(H,41,43)(H,46,47,48)(H,49,50,51)/b29-27+/t33-,34+,35?,37?,38?,39?,40?/m0/s1. The van der Waals surface area contributed by atoms with Crippen LogP contribution in [0.4, 0.5) is 0 Å². The molecule has 0 aromatic rings. The molecular weight excluding hydrogens is 783 g/mol. The van der Waals surface area contributed by atoms with Crippen LogP contribution in [0.3, 0.4) is 0 Å². The van der Waals surface area contributed by atoms with E-state index in [4.69, 9.17) is 14.0 Å². The van der Waals surface area contributed by atoms with E-state index < -0.39 is 76.9 Å². The zero-order chi connectivity index (χ0) is 42.4. The van der Waals surface area contributed by atoms with Crippen molar-refractivity contribution in [2.24, 2.45) is 0 Å². The van der Waals surface area contributed by atoms with Crippen molar-refractivity contribution in [3.8, 4) is 0 Å². The minimum absolute atomic E-state index is 0.206. The van der Waals surface area contributed by atoms with E-state index in [0.717, 1.165) is 38.5 Å². The summed E-state index contributed by atoms with van der Waals surface area (Å²) in [6.45, 7) is 2.92. The molecule has 0 aliphatic carbocycles. The lowest BCUT2D eigenvalue weighted by Gasteiger charge is -2.41. The van der Waals surface area contributed by atoms with Crippen molar-refractivity contribution in [3.63, 3.8) is 0 Å². The van der Waals surface area contributed by atoms with Crippen LogP contribution in [0.1, 0.15) is 181 Å². The molecule has 1 heterocycles.